The lowest BCUT2D eigenvalue weighted by molar-refractivity contribution is 0.539. The standard InChI is InChI=1S/C29H28FP.C3H8.2C2H6/c1-4-20-7-6-8-24(16-20)28-17-25(18-29(28)30)27(15-19(3)31)26(5-2)23-13-11-22(12-14-23)21-9-10-21;1-3-2;2*1-2/h1,5-8,11-14,16-17,21,26-27,31H,2,9-10,15,18H2,3H3;3H2,1-2H3;2*1-2H3. The molecule has 0 amide bonds. The monoisotopic (exact) mass is 530 g/mol. The Morgan fingerprint density at radius 3 is 2.21 bits per heavy atom. The van der Waals surface area contributed by atoms with Crippen LogP contribution in [0, 0.1) is 18.3 Å². The number of halogens is 1. The van der Waals surface area contributed by atoms with Crippen molar-refractivity contribution in [1.82, 2.24) is 0 Å². The van der Waals surface area contributed by atoms with Crippen molar-refractivity contribution < 1.29 is 4.39 Å². The van der Waals surface area contributed by atoms with E-state index in [2.05, 4.69) is 66.4 Å². The Labute approximate surface area is 235 Å². The van der Waals surface area contributed by atoms with Crippen LogP contribution in [0.1, 0.15) is 115 Å². The summed E-state index contributed by atoms with van der Waals surface area (Å²) in [5, 5.41) is 1.15. The molecule has 2 aromatic rings. The SMILES string of the molecule is C#Cc1cccc(C2=C(F)CC(C(CC(C)=P)C(C=C)c3ccc(C4CC4)cc3)=C2)c1.CC.CC.CCC. The molecule has 1 saturated carbocycles. The van der Waals surface area contributed by atoms with Gasteiger partial charge in [0.2, 0.25) is 0 Å². The van der Waals surface area contributed by atoms with Gasteiger partial charge in [-0.15, -0.1) is 21.9 Å². The largest absolute Gasteiger partial charge is 0.211 e. The van der Waals surface area contributed by atoms with Gasteiger partial charge in [0.05, 0.1) is 0 Å². The molecule has 0 heterocycles. The van der Waals surface area contributed by atoms with Crippen LogP contribution < -0.4 is 0 Å². The Bertz CT molecular complexity index is 1120. The van der Waals surface area contributed by atoms with Crippen LogP contribution in [0.15, 0.2) is 78.7 Å². The second kappa shape index (κ2) is 17.8. The Morgan fingerprint density at radius 2 is 1.71 bits per heavy atom. The van der Waals surface area contributed by atoms with E-state index in [-0.39, 0.29) is 17.7 Å². The van der Waals surface area contributed by atoms with Crippen molar-refractivity contribution in [2.45, 2.75) is 92.4 Å². The van der Waals surface area contributed by atoms with Crippen molar-refractivity contribution in [3.63, 3.8) is 0 Å². The van der Waals surface area contributed by atoms with Gasteiger partial charge in [0.1, 0.15) is 5.83 Å². The normalized spacial score (nSPS) is 15.2. The number of hydrogen-bond donors (Lipinski definition) is 0. The lowest BCUT2D eigenvalue weighted by atomic mass is 9.78. The van der Waals surface area contributed by atoms with Crippen LogP contribution in [-0.2, 0) is 0 Å². The van der Waals surface area contributed by atoms with E-state index < -0.39 is 0 Å². The topological polar surface area (TPSA) is 0 Å². The van der Waals surface area contributed by atoms with Gasteiger partial charge in [0.15, 0.2) is 0 Å². The molecule has 0 aromatic heterocycles. The molecule has 2 unspecified atom stereocenters. The Morgan fingerprint density at radius 1 is 1.11 bits per heavy atom. The predicted octanol–water partition coefficient (Wildman–Crippen LogP) is 11.3. The van der Waals surface area contributed by atoms with Crippen molar-refractivity contribution >= 4 is 19.7 Å². The Balaban J connectivity index is 0.000000944. The number of hydrogen-bond acceptors (Lipinski definition) is 0. The highest BCUT2D eigenvalue weighted by molar-refractivity contribution is 7.20. The molecular formula is C36H48FP. The van der Waals surface area contributed by atoms with Gasteiger partial charge < -0.3 is 0 Å². The van der Waals surface area contributed by atoms with Gasteiger partial charge >= 0.3 is 0 Å². The van der Waals surface area contributed by atoms with Gasteiger partial charge in [-0.25, -0.2) is 4.39 Å². The molecule has 0 aliphatic heterocycles. The van der Waals surface area contributed by atoms with Crippen molar-refractivity contribution in [2.75, 3.05) is 0 Å². The van der Waals surface area contributed by atoms with E-state index in [4.69, 9.17) is 6.42 Å². The van der Waals surface area contributed by atoms with Crippen molar-refractivity contribution in [2.24, 2.45) is 5.92 Å². The van der Waals surface area contributed by atoms with E-state index in [0.29, 0.717) is 12.0 Å². The summed E-state index contributed by atoms with van der Waals surface area (Å²) in [6.45, 7) is 18.5. The highest BCUT2D eigenvalue weighted by Gasteiger charge is 2.30. The molecule has 0 nitrogen and oxygen atoms in total. The first-order chi connectivity index (χ1) is 18.4. The average molecular weight is 531 g/mol. The first kappa shape index (κ1) is 33.3. The van der Waals surface area contributed by atoms with E-state index in [1.807, 2.05) is 64.1 Å². The van der Waals surface area contributed by atoms with Crippen molar-refractivity contribution in [3.8, 4) is 12.3 Å². The van der Waals surface area contributed by atoms with Crippen LogP contribution in [-0.4, -0.2) is 5.29 Å². The molecule has 0 spiro atoms. The van der Waals surface area contributed by atoms with E-state index >= 15 is 4.39 Å². The fourth-order valence-corrected chi connectivity index (χ4v) is 4.82. The van der Waals surface area contributed by atoms with Crippen LogP contribution in [0.5, 0.6) is 0 Å². The van der Waals surface area contributed by atoms with Crippen LogP contribution >= 0.6 is 8.86 Å². The summed E-state index contributed by atoms with van der Waals surface area (Å²) in [5.41, 5.74) is 6.02. The van der Waals surface area contributed by atoms with Crippen LogP contribution in [0.2, 0.25) is 0 Å². The highest BCUT2D eigenvalue weighted by Crippen LogP contribution is 2.44. The van der Waals surface area contributed by atoms with Crippen LogP contribution in [0.4, 0.5) is 4.39 Å². The van der Waals surface area contributed by atoms with E-state index in [1.54, 1.807) is 0 Å². The molecule has 0 saturated heterocycles. The second-order valence-electron chi connectivity index (χ2n) is 9.44. The van der Waals surface area contributed by atoms with Crippen molar-refractivity contribution in [3.05, 3.63) is 101 Å². The molecule has 0 N–H and O–H groups in total. The van der Waals surface area contributed by atoms with Gasteiger partial charge in [-0.1, -0.05) is 113 Å². The fraction of sp³-hybridized carbons (Fsp3) is 0.417. The summed E-state index contributed by atoms with van der Waals surface area (Å²) < 4.78 is 15.1. The minimum absolute atomic E-state index is 0.0901. The quantitative estimate of drug-likeness (QED) is 0.181. The smallest absolute Gasteiger partial charge is 0.112 e. The molecule has 38 heavy (non-hydrogen) atoms. The highest BCUT2D eigenvalue weighted by atomic mass is 31.0. The van der Waals surface area contributed by atoms with Gasteiger partial charge in [-0.2, -0.15) is 0 Å². The predicted molar refractivity (Wildman–Crippen MR) is 172 cm³/mol. The number of benzene rings is 2. The van der Waals surface area contributed by atoms with E-state index in [1.165, 1.54) is 30.4 Å². The lowest BCUT2D eigenvalue weighted by Gasteiger charge is -2.27. The van der Waals surface area contributed by atoms with E-state index in [9.17, 15) is 0 Å². The second-order valence-corrected chi connectivity index (χ2v) is 10.3. The summed E-state index contributed by atoms with van der Waals surface area (Å²) in [6.07, 6.45) is 14.6. The first-order valence-corrected chi connectivity index (χ1v) is 14.8. The maximum Gasteiger partial charge on any atom is 0.112 e. The van der Waals surface area contributed by atoms with Crippen molar-refractivity contribution in [1.29, 1.82) is 0 Å². The maximum atomic E-state index is 15.1. The summed E-state index contributed by atoms with van der Waals surface area (Å²) >= 11 is 0. The third kappa shape index (κ3) is 9.57. The molecule has 1 fully saturated rings. The maximum absolute atomic E-state index is 15.1. The summed E-state index contributed by atoms with van der Waals surface area (Å²) in [6, 6.07) is 16.5. The first-order valence-electron chi connectivity index (χ1n) is 14.3. The third-order valence-electron chi connectivity index (χ3n) is 6.38. The molecule has 204 valence electrons. The Hall–Kier alpha value is -2.68. The average Bonchev–Trinajstić information content (AvgIpc) is 3.72. The third-order valence-corrected chi connectivity index (χ3v) is 6.59. The van der Waals surface area contributed by atoms with Gasteiger partial charge in [0.25, 0.3) is 0 Å². The van der Waals surface area contributed by atoms with E-state index in [0.717, 1.165) is 34.3 Å². The van der Waals surface area contributed by atoms with Crippen LogP contribution in [0.3, 0.4) is 0 Å². The summed E-state index contributed by atoms with van der Waals surface area (Å²) in [5.74, 6) is 3.55. The lowest BCUT2D eigenvalue weighted by Crippen LogP contribution is -2.16. The van der Waals surface area contributed by atoms with Gasteiger partial charge in [-0.3, -0.25) is 0 Å². The molecule has 2 aliphatic rings. The molecule has 2 aromatic carbocycles. The summed E-state index contributed by atoms with van der Waals surface area (Å²) in [7, 11) is 3.71. The number of allylic oxidation sites excluding steroid dienone is 5. The zero-order chi connectivity index (χ0) is 28.7. The fourth-order valence-electron chi connectivity index (χ4n) is 4.60. The summed E-state index contributed by atoms with van der Waals surface area (Å²) in [4.78, 5) is 0. The molecule has 4 rings (SSSR count). The van der Waals surface area contributed by atoms with Crippen LogP contribution in [0.25, 0.3) is 5.57 Å². The zero-order valence-corrected chi connectivity index (χ0v) is 25.7. The number of terminal acetylenes is 1. The molecule has 0 radical (unpaired) electrons. The molecule has 0 bridgehead atoms. The molecular weight excluding hydrogens is 482 g/mol. The molecule has 2 atom stereocenters. The number of rotatable bonds is 8. The Kier molecular flexibility index (Phi) is 15.6. The molecule has 2 heteroatoms. The molecule has 2 aliphatic carbocycles. The minimum Gasteiger partial charge on any atom is -0.211 e. The van der Waals surface area contributed by atoms with Gasteiger partial charge in [0, 0.05) is 23.5 Å². The van der Waals surface area contributed by atoms with Gasteiger partial charge in [-0.05, 0) is 66.8 Å². The minimum atomic E-state index is -0.0901. The zero-order valence-electron chi connectivity index (χ0n) is 24.7.